The van der Waals surface area contributed by atoms with Crippen LogP contribution in [0.4, 0.5) is 17.1 Å². The topological polar surface area (TPSA) is 16.4 Å². The lowest BCUT2D eigenvalue weighted by Crippen LogP contribution is -2.28. The second kappa shape index (κ2) is 13.5. The van der Waals surface area contributed by atoms with Gasteiger partial charge in [-0.05, 0) is 105 Å². The molecule has 9 aromatic rings. The van der Waals surface area contributed by atoms with E-state index in [0.29, 0.717) is 0 Å². The molecule has 0 aliphatic heterocycles. The third-order valence-electron chi connectivity index (χ3n) is 12.0. The molecule has 2 nitrogen and oxygen atoms in total. The Hall–Kier alpha value is -7.16. The van der Waals surface area contributed by atoms with E-state index >= 15 is 0 Å². The van der Waals surface area contributed by atoms with Crippen LogP contribution in [0.2, 0.25) is 0 Å². The molecule has 0 amide bonds. The van der Waals surface area contributed by atoms with Crippen molar-refractivity contribution in [3.8, 4) is 22.3 Å². The van der Waals surface area contributed by atoms with E-state index in [0.717, 1.165) is 57.4 Å². The van der Waals surface area contributed by atoms with E-state index in [-0.39, 0.29) is 0 Å². The van der Waals surface area contributed by atoms with Gasteiger partial charge in [-0.25, -0.2) is 0 Å². The first-order valence-electron chi connectivity index (χ1n) is 19.9. The zero-order valence-electron chi connectivity index (χ0n) is 31.5. The van der Waals surface area contributed by atoms with Crippen molar-refractivity contribution in [1.82, 2.24) is 0 Å². The van der Waals surface area contributed by atoms with Crippen molar-refractivity contribution in [2.24, 2.45) is 0 Å². The summed E-state index contributed by atoms with van der Waals surface area (Å²) in [5, 5.41) is 2.28. The molecule has 0 saturated carbocycles. The van der Waals surface area contributed by atoms with Gasteiger partial charge in [-0.3, -0.25) is 0 Å². The monoisotopic (exact) mass is 729 g/mol. The van der Waals surface area contributed by atoms with E-state index in [1.807, 2.05) is 0 Å². The van der Waals surface area contributed by atoms with Gasteiger partial charge in [-0.1, -0.05) is 170 Å². The van der Waals surface area contributed by atoms with E-state index < -0.39 is 5.41 Å². The highest BCUT2D eigenvalue weighted by atomic mass is 16.3. The van der Waals surface area contributed by atoms with Gasteiger partial charge in [0.25, 0.3) is 0 Å². The maximum atomic E-state index is 6.82. The Morgan fingerprint density at radius 1 is 0.474 bits per heavy atom. The molecule has 0 unspecified atom stereocenters. The van der Waals surface area contributed by atoms with Crippen LogP contribution in [0.25, 0.3) is 49.8 Å². The summed E-state index contributed by atoms with van der Waals surface area (Å²) in [6.07, 6.45) is 8.82. The van der Waals surface area contributed by atoms with Crippen LogP contribution >= 0.6 is 0 Å². The minimum absolute atomic E-state index is 0.593. The molecular formula is C55H39NO. The molecule has 2 heteroatoms. The van der Waals surface area contributed by atoms with E-state index in [4.69, 9.17) is 4.42 Å². The van der Waals surface area contributed by atoms with Crippen molar-refractivity contribution in [2.75, 3.05) is 4.90 Å². The molecule has 0 spiro atoms. The van der Waals surface area contributed by atoms with Gasteiger partial charge in [0.05, 0.1) is 5.41 Å². The molecule has 0 radical (unpaired) electrons. The third kappa shape index (κ3) is 5.33. The summed E-state index contributed by atoms with van der Waals surface area (Å²) in [5.41, 5.74) is 16.9. The molecule has 1 heterocycles. The fraction of sp³-hybridized carbons (Fsp3) is 0.0545. The predicted molar refractivity (Wildman–Crippen MR) is 237 cm³/mol. The molecule has 0 fully saturated rings. The number of rotatable bonds is 7. The van der Waals surface area contributed by atoms with Gasteiger partial charge in [0.15, 0.2) is 0 Å². The van der Waals surface area contributed by atoms with Gasteiger partial charge in [0, 0.05) is 33.4 Å². The van der Waals surface area contributed by atoms with E-state index in [9.17, 15) is 0 Å². The summed E-state index contributed by atoms with van der Waals surface area (Å²) in [7, 11) is 0. The summed E-state index contributed by atoms with van der Waals surface area (Å²) < 4.78 is 6.82. The zero-order chi connectivity index (χ0) is 37.8. The average molecular weight is 730 g/mol. The lowest BCUT2D eigenvalue weighted by molar-refractivity contribution is 0.669. The molecule has 8 aromatic carbocycles. The second-order valence-electron chi connectivity index (χ2n) is 15.1. The smallest absolute Gasteiger partial charge is 0.143 e. The molecule has 0 atom stereocenters. The SMILES string of the molecule is C1=CCCC(c2ccc(N(c3ccc(-c4ccccc4)cc3)c3ccc4c(c3)C(c3ccccc3)(c3ccccc3)c3ccc5c(oc6ccccc65)c3-4)cc2)=C1. The number of furan rings is 1. The van der Waals surface area contributed by atoms with Gasteiger partial charge in [-0.15, -0.1) is 0 Å². The van der Waals surface area contributed by atoms with Gasteiger partial charge >= 0.3 is 0 Å². The number of hydrogen-bond donors (Lipinski definition) is 0. The molecule has 0 N–H and O–H groups in total. The Labute approximate surface area is 333 Å². The van der Waals surface area contributed by atoms with Crippen LogP contribution in [0, 0.1) is 0 Å². The van der Waals surface area contributed by atoms with Crippen LogP contribution in [0.3, 0.4) is 0 Å². The lowest BCUT2D eigenvalue weighted by atomic mass is 9.67. The molecule has 1 aromatic heterocycles. The maximum absolute atomic E-state index is 6.82. The quantitative estimate of drug-likeness (QED) is 0.162. The summed E-state index contributed by atoms with van der Waals surface area (Å²) in [6, 6.07) is 70.9. The second-order valence-corrected chi connectivity index (χ2v) is 15.1. The molecule has 0 saturated heterocycles. The standard InChI is InChI=1S/C55H39NO/c1-5-15-38(16-6-1)40-25-29-44(30-26-40)56(45-31-27-41(28-32-45)39-17-7-2-8-18-39)46-33-34-49-51(37-46)55(42-19-9-3-10-20-42,43-21-11-4-12-22-43)50-36-35-48-47-23-13-14-24-52(47)57-54(48)53(49)50/h1-7,9-17,19-37H,8,18H2. The Kier molecular flexibility index (Phi) is 7.89. The van der Waals surface area contributed by atoms with Crippen LogP contribution in [0.15, 0.2) is 217 Å². The third-order valence-corrected chi connectivity index (χ3v) is 12.0. The molecular weight excluding hydrogens is 691 g/mol. The van der Waals surface area contributed by atoms with Crippen LogP contribution in [-0.2, 0) is 5.41 Å². The molecule has 11 rings (SSSR count). The number of hydrogen-bond acceptors (Lipinski definition) is 2. The Morgan fingerprint density at radius 3 is 1.74 bits per heavy atom. The first-order valence-corrected chi connectivity index (χ1v) is 19.9. The summed E-state index contributed by atoms with van der Waals surface area (Å²) in [6.45, 7) is 0. The molecule has 270 valence electrons. The lowest BCUT2D eigenvalue weighted by Gasteiger charge is -2.35. The van der Waals surface area contributed by atoms with Crippen molar-refractivity contribution < 1.29 is 4.42 Å². The predicted octanol–water partition coefficient (Wildman–Crippen LogP) is 14.8. The van der Waals surface area contributed by atoms with Gasteiger partial charge < -0.3 is 9.32 Å². The summed E-state index contributed by atoms with van der Waals surface area (Å²) in [4.78, 5) is 2.41. The fourth-order valence-corrected chi connectivity index (χ4v) is 9.43. The number of benzene rings is 8. The first-order chi connectivity index (χ1) is 28.3. The first kappa shape index (κ1) is 33.2. The van der Waals surface area contributed by atoms with Crippen LogP contribution in [0.5, 0.6) is 0 Å². The maximum Gasteiger partial charge on any atom is 0.143 e. The Balaban J connectivity index is 1.16. The highest BCUT2D eigenvalue weighted by molar-refractivity contribution is 6.12. The number of para-hydroxylation sites is 1. The highest BCUT2D eigenvalue weighted by Crippen LogP contribution is 2.59. The van der Waals surface area contributed by atoms with Crippen LogP contribution in [-0.4, -0.2) is 0 Å². The summed E-state index contributed by atoms with van der Waals surface area (Å²) >= 11 is 0. The number of allylic oxidation sites excluding steroid dienone is 4. The van der Waals surface area contributed by atoms with Crippen molar-refractivity contribution in [3.05, 3.63) is 240 Å². The minimum Gasteiger partial charge on any atom is -0.455 e. The van der Waals surface area contributed by atoms with Crippen molar-refractivity contribution in [2.45, 2.75) is 18.3 Å². The normalized spacial score (nSPS) is 14.0. The van der Waals surface area contributed by atoms with E-state index in [2.05, 4.69) is 217 Å². The van der Waals surface area contributed by atoms with Crippen LogP contribution < -0.4 is 4.90 Å². The minimum atomic E-state index is -0.593. The van der Waals surface area contributed by atoms with Gasteiger partial charge in [-0.2, -0.15) is 0 Å². The largest absolute Gasteiger partial charge is 0.455 e. The highest BCUT2D eigenvalue weighted by Gasteiger charge is 2.47. The molecule has 0 bridgehead atoms. The Bertz CT molecular complexity index is 2930. The summed E-state index contributed by atoms with van der Waals surface area (Å²) in [5.74, 6) is 0. The van der Waals surface area contributed by atoms with E-state index in [1.54, 1.807) is 0 Å². The van der Waals surface area contributed by atoms with Gasteiger partial charge in [0.1, 0.15) is 11.2 Å². The van der Waals surface area contributed by atoms with Gasteiger partial charge in [0.2, 0.25) is 0 Å². The number of fused-ring (bicyclic) bond motifs is 7. The molecule has 57 heavy (non-hydrogen) atoms. The fourth-order valence-electron chi connectivity index (χ4n) is 9.43. The number of anilines is 3. The molecule has 2 aliphatic carbocycles. The van der Waals surface area contributed by atoms with E-state index in [1.165, 1.54) is 50.1 Å². The van der Waals surface area contributed by atoms with Crippen molar-refractivity contribution in [3.63, 3.8) is 0 Å². The average Bonchev–Trinajstić information content (AvgIpc) is 3.82. The Morgan fingerprint density at radius 2 is 1.07 bits per heavy atom. The number of nitrogens with zero attached hydrogens (tertiary/aromatic N) is 1. The van der Waals surface area contributed by atoms with Crippen LogP contribution in [0.1, 0.15) is 40.7 Å². The van der Waals surface area contributed by atoms with Crippen molar-refractivity contribution in [1.29, 1.82) is 0 Å². The zero-order valence-corrected chi connectivity index (χ0v) is 31.5. The molecule has 2 aliphatic rings. The van der Waals surface area contributed by atoms with Crippen molar-refractivity contribution >= 4 is 44.6 Å².